The first kappa shape index (κ1) is 27.9. The van der Waals surface area contributed by atoms with E-state index in [9.17, 15) is 0 Å². The average Bonchev–Trinajstić information content (AvgIpc) is 3.56. The predicted octanol–water partition coefficient (Wildman–Crippen LogP) is 12.8. The Balaban J connectivity index is 1.11. The lowest BCUT2D eigenvalue weighted by Crippen LogP contribution is -2.15. The molecule has 2 aliphatic rings. The van der Waals surface area contributed by atoms with Crippen LogP contribution in [0.15, 0.2) is 182 Å². The Kier molecular flexibility index (Phi) is 6.38. The van der Waals surface area contributed by atoms with E-state index >= 15 is 0 Å². The predicted molar refractivity (Wildman–Crippen MR) is 206 cm³/mol. The van der Waals surface area contributed by atoms with Gasteiger partial charge in [0.2, 0.25) is 0 Å². The summed E-state index contributed by atoms with van der Waals surface area (Å²) in [5, 5.41) is 7.54. The molecule has 8 aromatic rings. The van der Waals surface area contributed by atoms with E-state index in [0.29, 0.717) is 0 Å². The largest absolute Gasteiger partial charge is 0.484 e. The first-order valence-electron chi connectivity index (χ1n) is 17.1. The van der Waals surface area contributed by atoms with Gasteiger partial charge in [-0.1, -0.05) is 164 Å². The minimum atomic E-state index is 0.0615. The number of rotatable bonds is 4. The molecule has 230 valence electrons. The van der Waals surface area contributed by atoms with E-state index in [-0.39, 0.29) is 12.0 Å². The zero-order valence-corrected chi connectivity index (χ0v) is 26.9. The molecule has 0 bridgehead atoms. The number of benzene rings is 8. The summed E-state index contributed by atoms with van der Waals surface area (Å²) in [6.07, 6.45) is 8.71. The van der Waals surface area contributed by atoms with Gasteiger partial charge in [0, 0.05) is 17.0 Å². The standard InChI is InChI=1S/C48H32O/c1-2-12-34-29-35(28-25-31(34)11-1)32-23-26-33(27-24-32)46-40-16-3-5-18-42(40)47(43-19-6-4-17-41(43)46)37-14-9-13-36(30-37)38-20-10-21-44-39-15-7-8-22-45(39)49-48(38)44/h1-30,39,45H. The first-order valence-corrected chi connectivity index (χ1v) is 17.1. The monoisotopic (exact) mass is 624 g/mol. The highest BCUT2D eigenvalue weighted by Gasteiger charge is 2.33. The third-order valence-electron chi connectivity index (χ3n) is 10.4. The van der Waals surface area contributed by atoms with Crippen LogP contribution in [-0.2, 0) is 0 Å². The number of ether oxygens (including phenoxy) is 1. The summed E-state index contributed by atoms with van der Waals surface area (Å²) in [5.74, 6) is 1.27. The molecule has 0 amide bonds. The molecule has 1 heterocycles. The third-order valence-corrected chi connectivity index (χ3v) is 10.4. The SMILES string of the molecule is C1=CC2Oc3c(-c4cccc(-c5c6ccccc6c(-c6ccc(-c7ccc8ccccc8c7)cc6)c6ccccc56)c4)cccc3C2C=C1. The van der Waals surface area contributed by atoms with Gasteiger partial charge in [0.15, 0.2) is 0 Å². The fourth-order valence-electron chi connectivity index (χ4n) is 8.08. The summed E-state index contributed by atoms with van der Waals surface area (Å²) in [6, 6.07) is 57.8. The molecular formula is C48H32O. The molecule has 0 aromatic heterocycles. The van der Waals surface area contributed by atoms with Gasteiger partial charge in [-0.3, -0.25) is 0 Å². The van der Waals surface area contributed by atoms with Crippen LogP contribution >= 0.6 is 0 Å². The van der Waals surface area contributed by atoms with Crippen LogP contribution in [0.5, 0.6) is 5.75 Å². The fraction of sp³-hybridized carbons (Fsp3) is 0.0417. The van der Waals surface area contributed by atoms with Gasteiger partial charge in [0.05, 0.1) is 0 Å². The maximum Gasteiger partial charge on any atom is 0.132 e. The molecule has 1 aliphatic heterocycles. The number of fused-ring (bicyclic) bond motifs is 6. The van der Waals surface area contributed by atoms with Crippen LogP contribution in [0, 0.1) is 0 Å². The summed E-state index contributed by atoms with van der Waals surface area (Å²) in [6.45, 7) is 0. The van der Waals surface area contributed by atoms with Gasteiger partial charge in [-0.2, -0.15) is 0 Å². The van der Waals surface area contributed by atoms with Crippen LogP contribution < -0.4 is 4.74 Å². The van der Waals surface area contributed by atoms with Gasteiger partial charge in [0.1, 0.15) is 11.9 Å². The second-order valence-corrected chi connectivity index (χ2v) is 13.2. The van der Waals surface area contributed by atoms with Gasteiger partial charge in [0.25, 0.3) is 0 Å². The number of hydrogen-bond donors (Lipinski definition) is 0. The Morgan fingerprint density at radius 1 is 0.388 bits per heavy atom. The van der Waals surface area contributed by atoms with Crippen molar-refractivity contribution >= 4 is 32.3 Å². The summed E-state index contributed by atoms with van der Waals surface area (Å²) < 4.78 is 6.56. The Morgan fingerprint density at radius 2 is 0.980 bits per heavy atom. The molecule has 0 N–H and O–H groups in total. The first-order chi connectivity index (χ1) is 24.3. The van der Waals surface area contributed by atoms with Crippen molar-refractivity contribution in [1.82, 2.24) is 0 Å². The maximum absolute atomic E-state index is 6.56. The minimum Gasteiger partial charge on any atom is -0.484 e. The Morgan fingerprint density at radius 3 is 1.73 bits per heavy atom. The smallest absolute Gasteiger partial charge is 0.132 e. The zero-order valence-electron chi connectivity index (χ0n) is 26.9. The highest BCUT2D eigenvalue weighted by Crippen LogP contribution is 2.48. The molecule has 10 rings (SSSR count). The van der Waals surface area contributed by atoms with Crippen molar-refractivity contribution in [2.45, 2.75) is 12.0 Å². The minimum absolute atomic E-state index is 0.0615. The lowest BCUT2D eigenvalue weighted by Gasteiger charge is -2.18. The average molecular weight is 625 g/mol. The lowest BCUT2D eigenvalue weighted by atomic mass is 9.85. The molecular weight excluding hydrogens is 593 g/mol. The molecule has 49 heavy (non-hydrogen) atoms. The van der Waals surface area contributed by atoms with Crippen LogP contribution in [0.4, 0.5) is 0 Å². The highest BCUT2D eigenvalue weighted by molar-refractivity contribution is 6.21. The third kappa shape index (κ3) is 4.54. The van der Waals surface area contributed by atoms with E-state index in [2.05, 4.69) is 182 Å². The number of hydrogen-bond acceptors (Lipinski definition) is 1. The second-order valence-electron chi connectivity index (χ2n) is 13.2. The van der Waals surface area contributed by atoms with Crippen molar-refractivity contribution < 1.29 is 4.74 Å². The van der Waals surface area contributed by atoms with E-state index in [1.165, 1.54) is 76.8 Å². The van der Waals surface area contributed by atoms with Crippen molar-refractivity contribution in [2.24, 2.45) is 0 Å². The summed E-state index contributed by atoms with van der Waals surface area (Å²) in [5.41, 5.74) is 11.0. The van der Waals surface area contributed by atoms with Gasteiger partial charge in [-0.05, 0) is 89.5 Å². The molecule has 0 spiro atoms. The number of allylic oxidation sites excluding steroid dienone is 2. The molecule has 8 aromatic carbocycles. The molecule has 1 heteroatoms. The van der Waals surface area contributed by atoms with E-state index in [1.54, 1.807) is 0 Å². The Bertz CT molecular complexity index is 2580. The molecule has 0 radical (unpaired) electrons. The second kappa shape index (κ2) is 11.2. The van der Waals surface area contributed by atoms with Crippen LogP contribution in [0.1, 0.15) is 11.5 Å². The Labute approximate surface area is 286 Å². The topological polar surface area (TPSA) is 9.23 Å². The molecule has 1 aliphatic carbocycles. The van der Waals surface area contributed by atoms with Crippen molar-refractivity contribution in [3.05, 3.63) is 188 Å². The van der Waals surface area contributed by atoms with Crippen molar-refractivity contribution in [1.29, 1.82) is 0 Å². The van der Waals surface area contributed by atoms with Gasteiger partial charge < -0.3 is 4.74 Å². The molecule has 0 saturated heterocycles. The van der Waals surface area contributed by atoms with Crippen LogP contribution in [-0.4, -0.2) is 6.10 Å². The van der Waals surface area contributed by atoms with E-state index in [0.717, 1.165) is 11.3 Å². The summed E-state index contributed by atoms with van der Waals surface area (Å²) in [4.78, 5) is 0. The summed E-state index contributed by atoms with van der Waals surface area (Å²) in [7, 11) is 0. The van der Waals surface area contributed by atoms with Crippen LogP contribution in [0.2, 0.25) is 0 Å². The number of para-hydroxylation sites is 1. The Hall–Kier alpha value is -6.18. The lowest BCUT2D eigenvalue weighted by molar-refractivity contribution is 0.270. The zero-order chi connectivity index (χ0) is 32.3. The summed E-state index contributed by atoms with van der Waals surface area (Å²) >= 11 is 0. The van der Waals surface area contributed by atoms with E-state index < -0.39 is 0 Å². The van der Waals surface area contributed by atoms with Gasteiger partial charge in [-0.15, -0.1) is 0 Å². The quantitative estimate of drug-likeness (QED) is 0.177. The van der Waals surface area contributed by atoms with Crippen molar-refractivity contribution in [3.63, 3.8) is 0 Å². The van der Waals surface area contributed by atoms with Crippen molar-refractivity contribution in [3.8, 4) is 50.3 Å². The van der Waals surface area contributed by atoms with Crippen molar-refractivity contribution in [2.75, 3.05) is 0 Å². The van der Waals surface area contributed by atoms with Gasteiger partial charge >= 0.3 is 0 Å². The van der Waals surface area contributed by atoms with Crippen LogP contribution in [0.25, 0.3) is 76.8 Å². The fourth-order valence-corrected chi connectivity index (χ4v) is 8.08. The highest BCUT2D eigenvalue weighted by atomic mass is 16.5. The molecule has 2 atom stereocenters. The van der Waals surface area contributed by atoms with Gasteiger partial charge in [-0.25, -0.2) is 0 Å². The molecule has 1 nitrogen and oxygen atoms in total. The molecule has 0 saturated carbocycles. The van der Waals surface area contributed by atoms with Crippen LogP contribution in [0.3, 0.4) is 0 Å². The van der Waals surface area contributed by atoms with E-state index in [1.807, 2.05) is 0 Å². The molecule has 0 fully saturated rings. The maximum atomic E-state index is 6.56. The molecule has 2 unspecified atom stereocenters. The van der Waals surface area contributed by atoms with E-state index in [4.69, 9.17) is 4.74 Å². The normalized spacial score (nSPS) is 16.2.